The van der Waals surface area contributed by atoms with Gasteiger partial charge in [0.15, 0.2) is 5.15 Å². The van der Waals surface area contributed by atoms with E-state index in [1.54, 1.807) is 12.3 Å². The summed E-state index contributed by atoms with van der Waals surface area (Å²) in [6.07, 6.45) is 1.56. The molecule has 0 amide bonds. The van der Waals surface area contributed by atoms with Crippen molar-refractivity contribution in [2.45, 2.75) is 0 Å². The Bertz CT molecular complexity index is 143. The molecule has 0 aliphatic heterocycles. The molecule has 1 rings (SSSR count). The van der Waals surface area contributed by atoms with Crippen LogP contribution in [-0.4, -0.2) is 9.30 Å². The van der Waals surface area contributed by atoms with E-state index >= 15 is 0 Å². The Labute approximate surface area is 50.8 Å². The van der Waals surface area contributed by atoms with E-state index in [0.29, 0.717) is 5.15 Å². The first-order valence-electron chi connectivity index (χ1n) is 1.66. The van der Waals surface area contributed by atoms with Gasteiger partial charge < -0.3 is 0 Å². The molecule has 1 heterocycles. The quantitative estimate of drug-likeness (QED) is 0.530. The summed E-state index contributed by atoms with van der Waals surface area (Å²) in [5, 5.41) is 3.97. The van der Waals surface area contributed by atoms with Crippen LogP contribution in [0, 0.1) is 0 Å². The topological polar surface area (TPSA) is 17.8 Å². The lowest BCUT2D eigenvalue weighted by molar-refractivity contribution is 0.994. The average Bonchev–Trinajstić information content (AvgIpc) is 1.87. The fourth-order valence-electron chi connectivity index (χ4n) is 0.281. The van der Waals surface area contributed by atoms with Crippen molar-refractivity contribution in [1.82, 2.24) is 9.30 Å². The van der Waals surface area contributed by atoms with Crippen molar-refractivity contribution >= 4 is 23.4 Å². The number of rotatable bonds is 0. The summed E-state index contributed by atoms with van der Waals surface area (Å²) < 4.78 is 1.13. The van der Waals surface area contributed by atoms with Crippen molar-refractivity contribution < 1.29 is 0 Å². The molecule has 0 saturated carbocycles. The summed E-state index contributed by atoms with van der Waals surface area (Å²) in [6.45, 7) is 0. The van der Waals surface area contributed by atoms with Gasteiger partial charge in [0, 0.05) is 18.0 Å². The lowest BCUT2D eigenvalue weighted by atomic mass is 10.8. The molecule has 0 aliphatic rings. The van der Waals surface area contributed by atoms with Gasteiger partial charge in [-0.3, -0.25) is 0 Å². The van der Waals surface area contributed by atoms with E-state index in [1.807, 2.05) is 0 Å². The fourth-order valence-corrected chi connectivity index (χ4v) is 0.595. The van der Waals surface area contributed by atoms with Gasteiger partial charge in [0.25, 0.3) is 0 Å². The highest BCUT2D eigenvalue weighted by Gasteiger charge is 1.86. The molecule has 0 aliphatic carbocycles. The van der Waals surface area contributed by atoms with Crippen LogP contribution < -0.4 is 0 Å². The van der Waals surface area contributed by atoms with E-state index in [1.165, 1.54) is 0 Å². The van der Waals surface area contributed by atoms with E-state index < -0.39 is 0 Å². The van der Waals surface area contributed by atoms with Gasteiger partial charge >= 0.3 is 0 Å². The minimum absolute atomic E-state index is 0.412. The first kappa shape index (κ1) is 4.94. The van der Waals surface area contributed by atoms with Crippen LogP contribution in [0.1, 0.15) is 0 Å². The third-order valence-corrected chi connectivity index (χ3v) is 0.916. The highest BCUT2D eigenvalue weighted by Crippen LogP contribution is 2.01. The second-order valence-electron chi connectivity index (χ2n) is 1.03. The Kier molecular flexibility index (Phi) is 1.21. The zero-order valence-corrected chi connectivity index (χ0v) is 4.82. The molecule has 7 heavy (non-hydrogen) atoms. The molecule has 0 atom stereocenters. The number of halogens is 2. The summed E-state index contributed by atoms with van der Waals surface area (Å²) in [5.41, 5.74) is 0. The SMILES string of the molecule is Clc1ccn(Cl)n1. The molecular weight excluding hydrogens is 135 g/mol. The van der Waals surface area contributed by atoms with E-state index in [-0.39, 0.29) is 0 Å². The third-order valence-electron chi connectivity index (χ3n) is 0.526. The molecule has 0 unspecified atom stereocenters. The molecule has 0 aromatic carbocycles. The molecule has 0 spiro atoms. The third kappa shape index (κ3) is 1.08. The van der Waals surface area contributed by atoms with Gasteiger partial charge in [-0.1, -0.05) is 11.6 Å². The molecule has 38 valence electrons. The number of hydrogen-bond donors (Lipinski definition) is 0. The van der Waals surface area contributed by atoms with Crippen LogP contribution in [0.5, 0.6) is 0 Å². The normalized spacial score (nSPS) is 9.43. The summed E-state index contributed by atoms with van der Waals surface area (Å²) in [6, 6.07) is 1.61. The highest BCUT2D eigenvalue weighted by molar-refractivity contribution is 6.29. The standard InChI is InChI=1S/C3H2Cl2N2/c4-3-1-2-7(5)6-3/h1-2H. The molecule has 2 nitrogen and oxygen atoms in total. The smallest absolute Gasteiger partial charge is 0.152 e. The van der Waals surface area contributed by atoms with Crippen LogP contribution in [0.15, 0.2) is 12.3 Å². The largest absolute Gasteiger partial charge is 0.179 e. The first-order valence-corrected chi connectivity index (χ1v) is 2.38. The molecule has 4 heteroatoms. The van der Waals surface area contributed by atoms with Crippen LogP contribution in [0.3, 0.4) is 0 Å². The van der Waals surface area contributed by atoms with Crippen molar-refractivity contribution in [3.63, 3.8) is 0 Å². The molecule has 0 radical (unpaired) electrons. The maximum absolute atomic E-state index is 5.34. The van der Waals surface area contributed by atoms with Crippen LogP contribution in [0.2, 0.25) is 5.15 Å². The minimum Gasteiger partial charge on any atom is -0.179 e. The zero-order valence-electron chi connectivity index (χ0n) is 3.31. The molecule has 0 N–H and O–H groups in total. The highest BCUT2D eigenvalue weighted by atomic mass is 35.5. The van der Waals surface area contributed by atoms with E-state index in [4.69, 9.17) is 23.4 Å². The minimum atomic E-state index is 0.412. The maximum Gasteiger partial charge on any atom is 0.152 e. The summed E-state index contributed by atoms with van der Waals surface area (Å²) >= 11 is 10.6. The van der Waals surface area contributed by atoms with Crippen molar-refractivity contribution in [1.29, 1.82) is 0 Å². The molecule has 0 saturated heterocycles. The Morgan fingerprint density at radius 2 is 2.43 bits per heavy atom. The van der Waals surface area contributed by atoms with Crippen molar-refractivity contribution in [3.8, 4) is 0 Å². The van der Waals surface area contributed by atoms with Crippen LogP contribution in [0.4, 0.5) is 0 Å². The van der Waals surface area contributed by atoms with Gasteiger partial charge in [0.1, 0.15) is 0 Å². The molecular formula is C3H2Cl2N2. The fraction of sp³-hybridized carbons (Fsp3) is 0. The van der Waals surface area contributed by atoms with Gasteiger partial charge in [0.2, 0.25) is 0 Å². The lowest BCUT2D eigenvalue weighted by Gasteiger charge is -1.74. The Hall–Kier alpha value is -0.210. The molecule has 1 aromatic heterocycles. The summed E-state index contributed by atoms with van der Waals surface area (Å²) in [7, 11) is 0. The number of nitrogens with zero attached hydrogens (tertiary/aromatic N) is 2. The second-order valence-corrected chi connectivity index (χ2v) is 1.76. The molecule has 0 bridgehead atoms. The molecule has 1 aromatic rings. The Balaban J connectivity index is 3.04. The van der Waals surface area contributed by atoms with Crippen LogP contribution in [0.25, 0.3) is 0 Å². The number of hydrogen-bond acceptors (Lipinski definition) is 1. The Morgan fingerprint density at radius 1 is 1.71 bits per heavy atom. The summed E-state index contributed by atoms with van der Waals surface area (Å²) in [4.78, 5) is 0. The maximum atomic E-state index is 5.34. The van der Waals surface area contributed by atoms with Gasteiger partial charge in [-0.15, -0.1) is 5.10 Å². The van der Waals surface area contributed by atoms with Gasteiger partial charge in [-0.25, -0.2) is 0 Å². The van der Waals surface area contributed by atoms with E-state index in [0.717, 1.165) is 4.20 Å². The zero-order chi connectivity index (χ0) is 5.28. The van der Waals surface area contributed by atoms with E-state index in [2.05, 4.69) is 5.10 Å². The monoisotopic (exact) mass is 136 g/mol. The van der Waals surface area contributed by atoms with Gasteiger partial charge in [-0.05, 0) is 6.07 Å². The predicted octanol–water partition coefficient (Wildman–Crippen LogP) is 1.54. The lowest BCUT2D eigenvalue weighted by Crippen LogP contribution is -1.75. The average molecular weight is 137 g/mol. The van der Waals surface area contributed by atoms with Crippen LogP contribution >= 0.6 is 23.4 Å². The van der Waals surface area contributed by atoms with Crippen molar-refractivity contribution in [2.24, 2.45) is 0 Å². The van der Waals surface area contributed by atoms with E-state index in [9.17, 15) is 0 Å². The molecule has 0 fully saturated rings. The summed E-state index contributed by atoms with van der Waals surface area (Å²) in [5.74, 6) is 0. The Morgan fingerprint density at radius 3 is 2.57 bits per heavy atom. The predicted molar refractivity (Wildman–Crippen MR) is 28.5 cm³/mol. The second kappa shape index (κ2) is 1.72. The first-order chi connectivity index (χ1) is 3.29. The number of aromatic nitrogens is 2. The van der Waals surface area contributed by atoms with Crippen molar-refractivity contribution in [2.75, 3.05) is 0 Å². The van der Waals surface area contributed by atoms with Crippen molar-refractivity contribution in [3.05, 3.63) is 17.4 Å². The van der Waals surface area contributed by atoms with Gasteiger partial charge in [-0.2, -0.15) is 4.20 Å². The van der Waals surface area contributed by atoms with Gasteiger partial charge in [0.05, 0.1) is 0 Å². The van der Waals surface area contributed by atoms with Crippen LogP contribution in [-0.2, 0) is 0 Å².